The molecule has 1 aromatic heterocycles. The van der Waals surface area contributed by atoms with Crippen LogP contribution >= 0.6 is 11.8 Å². The van der Waals surface area contributed by atoms with Crippen molar-refractivity contribution in [2.45, 2.75) is 10.9 Å². The standard InChI is InChI=1S/C19H15FN4O2S/c20-16-5-2-1-4-15(16)18(26)24-23-17(25)14-8-6-13(7-9-14)12-27-19-21-10-3-11-22-19/h1-11H,12H2,(H,23,25)(H,24,26). The van der Waals surface area contributed by atoms with Crippen molar-refractivity contribution in [3.05, 3.63) is 89.5 Å². The van der Waals surface area contributed by atoms with Crippen LogP contribution in [0.15, 0.2) is 72.1 Å². The zero-order chi connectivity index (χ0) is 19.1. The summed E-state index contributed by atoms with van der Waals surface area (Å²) in [6, 6.07) is 14.2. The highest BCUT2D eigenvalue weighted by molar-refractivity contribution is 7.98. The highest BCUT2D eigenvalue weighted by atomic mass is 32.2. The summed E-state index contributed by atoms with van der Waals surface area (Å²) >= 11 is 1.49. The van der Waals surface area contributed by atoms with Crippen molar-refractivity contribution >= 4 is 23.6 Å². The van der Waals surface area contributed by atoms with Crippen LogP contribution in [0.4, 0.5) is 4.39 Å². The molecule has 2 amide bonds. The lowest BCUT2D eigenvalue weighted by Crippen LogP contribution is -2.41. The molecular weight excluding hydrogens is 367 g/mol. The number of hydrazine groups is 1. The van der Waals surface area contributed by atoms with Gasteiger partial charge in [0.15, 0.2) is 5.16 Å². The summed E-state index contributed by atoms with van der Waals surface area (Å²) in [5, 5.41) is 0.676. The number of nitrogens with zero attached hydrogens (tertiary/aromatic N) is 2. The Kier molecular flexibility index (Phi) is 6.11. The van der Waals surface area contributed by atoms with Crippen LogP contribution in [-0.2, 0) is 5.75 Å². The number of rotatable bonds is 5. The third-order valence-electron chi connectivity index (χ3n) is 3.53. The molecule has 0 aliphatic heterocycles. The van der Waals surface area contributed by atoms with E-state index in [2.05, 4.69) is 20.8 Å². The van der Waals surface area contributed by atoms with Crippen LogP contribution in [0.25, 0.3) is 0 Å². The number of benzene rings is 2. The smallest absolute Gasteiger partial charge is 0.267 e. The Morgan fingerprint density at radius 1 is 0.889 bits per heavy atom. The Labute approximate surface area is 159 Å². The molecule has 0 bridgehead atoms. The Bertz CT molecular complexity index is 936. The average Bonchev–Trinajstić information content (AvgIpc) is 2.72. The second-order valence-corrected chi connectivity index (χ2v) is 6.35. The molecule has 0 radical (unpaired) electrons. The summed E-state index contributed by atoms with van der Waals surface area (Å²) in [4.78, 5) is 32.3. The van der Waals surface area contributed by atoms with Crippen molar-refractivity contribution < 1.29 is 14.0 Å². The highest BCUT2D eigenvalue weighted by Crippen LogP contribution is 2.18. The first kappa shape index (κ1) is 18.5. The van der Waals surface area contributed by atoms with Gasteiger partial charge < -0.3 is 0 Å². The summed E-state index contributed by atoms with van der Waals surface area (Å²) in [5.41, 5.74) is 5.69. The van der Waals surface area contributed by atoms with Gasteiger partial charge in [-0.1, -0.05) is 36.0 Å². The van der Waals surface area contributed by atoms with Crippen molar-refractivity contribution in [2.75, 3.05) is 0 Å². The molecule has 2 aromatic carbocycles. The number of carbonyl (C=O) groups excluding carboxylic acids is 2. The van der Waals surface area contributed by atoms with Gasteiger partial charge in [-0.15, -0.1) is 0 Å². The largest absolute Gasteiger partial charge is 0.272 e. The maximum Gasteiger partial charge on any atom is 0.272 e. The van der Waals surface area contributed by atoms with Crippen LogP contribution in [0, 0.1) is 5.82 Å². The third kappa shape index (κ3) is 5.11. The predicted molar refractivity (Wildman–Crippen MR) is 99.4 cm³/mol. The molecule has 0 unspecified atom stereocenters. The zero-order valence-corrected chi connectivity index (χ0v) is 14.9. The van der Waals surface area contributed by atoms with Gasteiger partial charge in [-0.2, -0.15) is 0 Å². The Hall–Kier alpha value is -3.26. The molecule has 136 valence electrons. The number of nitrogens with one attached hydrogen (secondary N) is 2. The van der Waals surface area contributed by atoms with Gasteiger partial charge in [-0.3, -0.25) is 20.4 Å². The summed E-state index contributed by atoms with van der Waals surface area (Å²) in [6.45, 7) is 0. The molecule has 6 nitrogen and oxygen atoms in total. The topological polar surface area (TPSA) is 84.0 Å². The fourth-order valence-corrected chi connectivity index (χ4v) is 2.92. The minimum atomic E-state index is -0.725. The molecule has 3 aromatic rings. The quantitative estimate of drug-likeness (QED) is 0.403. The maximum atomic E-state index is 13.5. The number of hydrogen-bond donors (Lipinski definition) is 2. The van der Waals surface area contributed by atoms with E-state index in [9.17, 15) is 14.0 Å². The Morgan fingerprint density at radius 2 is 1.56 bits per heavy atom. The second kappa shape index (κ2) is 8.91. The molecule has 0 fully saturated rings. The minimum Gasteiger partial charge on any atom is -0.267 e. The number of thioether (sulfide) groups is 1. The van der Waals surface area contributed by atoms with E-state index in [-0.39, 0.29) is 5.56 Å². The molecule has 0 saturated carbocycles. The number of halogens is 1. The van der Waals surface area contributed by atoms with E-state index in [1.807, 2.05) is 12.1 Å². The van der Waals surface area contributed by atoms with Crippen LogP contribution in [0.2, 0.25) is 0 Å². The van der Waals surface area contributed by atoms with Crippen molar-refractivity contribution in [2.24, 2.45) is 0 Å². The predicted octanol–water partition coefficient (Wildman–Crippen LogP) is 2.98. The summed E-state index contributed by atoms with van der Waals surface area (Å²) < 4.78 is 13.5. The number of carbonyl (C=O) groups is 2. The van der Waals surface area contributed by atoms with Gasteiger partial charge in [0.1, 0.15) is 5.82 Å². The van der Waals surface area contributed by atoms with Gasteiger partial charge >= 0.3 is 0 Å². The van der Waals surface area contributed by atoms with E-state index in [0.29, 0.717) is 16.5 Å². The fourth-order valence-electron chi connectivity index (χ4n) is 2.16. The zero-order valence-electron chi connectivity index (χ0n) is 14.1. The number of hydrogen-bond acceptors (Lipinski definition) is 5. The van der Waals surface area contributed by atoms with Gasteiger partial charge in [-0.25, -0.2) is 14.4 Å². The van der Waals surface area contributed by atoms with Crippen molar-refractivity contribution in [3.63, 3.8) is 0 Å². The van der Waals surface area contributed by atoms with Crippen LogP contribution < -0.4 is 10.9 Å². The molecule has 0 saturated heterocycles. The van der Waals surface area contributed by atoms with Crippen LogP contribution in [0.5, 0.6) is 0 Å². The average molecular weight is 382 g/mol. The molecule has 1 heterocycles. The first-order chi connectivity index (χ1) is 13.1. The van der Waals surface area contributed by atoms with Crippen LogP contribution in [-0.4, -0.2) is 21.8 Å². The summed E-state index contributed by atoms with van der Waals surface area (Å²) in [7, 11) is 0. The van der Waals surface area contributed by atoms with E-state index in [1.165, 1.54) is 36.0 Å². The molecule has 0 aliphatic carbocycles. The number of amides is 2. The molecular formula is C19H15FN4O2S. The lowest BCUT2D eigenvalue weighted by molar-refractivity contribution is 0.0844. The van der Waals surface area contributed by atoms with Crippen molar-refractivity contribution in [3.8, 4) is 0 Å². The molecule has 27 heavy (non-hydrogen) atoms. The highest BCUT2D eigenvalue weighted by Gasteiger charge is 2.12. The Morgan fingerprint density at radius 3 is 2.26 bits per heavy atom. The summed E-state index contributed by atoms with van der Waals surface area (Å²) in [6.07, 6.45) is 3.36. The molecule has 0 spiro atoms. The van der Waals surface area contributed by atoms with E-state index < -0.39 is 17.6 Å². The van der Waals surface area contributed by atoms with Crippen molar-refractivity contribution in [1.29, 1.82) is 0 Å². The van der Waals surface area contributed by atoms with E-state index in [1.54, 1.807) is 30.6 Å². The first-order valence-corrected chi connectivity index (χ1v) is 8.96. The van der Waals surface area contributed by atoms with Crippen molar-refractivity contribution in [1.82, 2.24) is 20.8 Å². The lowest BCUT2D eigenvalue weighted by atomic mass is 10.1. The van der Waals surface area contributed by atoms with Gasteiger partial charge in [-0.05, 0) is 35.9 Å². The van der Waals surface area contributed by atoms with Gasteiger partial charge in [0.2, 0.25) is 0 Å². The van der Waals surface area contributed by atoms with Gasteiger partial charge in [0.05, 0.1) is 5.56 Å². The van der Waals surface area contributed by atoms with Gasteiger partial charge in [0.25, 0.3) is 11.8 Å². The Balaban J connectivity index is 1.53. The minimum absolute atomic E-state index is 0.145. The summed E-state index contributed by atoms with van der Waals surface area (Å²) in [5.74, 6) is -1.22. The van der Waals surface area contributed by atoms with Gasteiger partial charge in [0, 0.05) is 23.7 Å². The fraction of sp³-hybridized carbons (Fsp3) is 0.0526. The van der Waals surface area contributed by atoms with E-state index in [4.69, 9.17) is 0 Å². The normalized spacial score (nSPS) is 10.3. The second-order valence-electron chi connectivity index (χ2n) is 5.41. The maximum absolute atomic E-state index is 13.5. The molecule has 2 N–H and O–H groups in total. The molecule has 0 atom stereocenters. The van der Waals surface area contributed by atoms with E-state index in [0.717, 1.165) is 5.56 Å². The van der Waals surface area contributed by atoms with Crippen LogP contribution in [0.3, 0.4) is 0 Å². The third-order valence-corrected chi connectivity index (χ3v) is 4.48. The lowest BCUT2D eigenvalue weighted by Gasteiger charge is -2.08. The first-order valence-electron chi connectivity index (χ1n) is 7.97. The SMILES string of the molecule is O=C(NNC(=O)c1ccccc1F)c1ccc(CSc2ncccn2)cc1. The molecule has 8 heteroatoms. The monoisotopic (exact) mass is 382 g/mol. The molecule has 0 aliphatic rings. The molecule has 3 rings (SSSR count). The van der Waals surface area contributed by atoms with E-state index >= 15 is 0 Å². The number of aromatic nitrogens is 2. The van der Waals surface area contributed by atoms with Crippen LogP contribution in [0.1, 0.15) is 26.3 Å².